The lowest BCUT2D eigenvalue weighted by Crippen LogP contribution is -2.21. The molecule has 6 aromatic rings. The Balaban J connectivity index is 1.37. The SMILES string of the molecule is O=C1/C(=C\c2ccccc2)COc2c1cc1ccccc1c2-c1c2c(cc3ccccc13)C(=O)/C(=C\c1ccccc1)CO2. The molecule has 0 bridgehead atoms. The zero-order valence-electron chi connectivity index (χ0n) is 23.7. The molecule has 0 aromatic heterocycles. The van der Waals surface area contributed by atoms with E-state index >= 15 is 0 Å². The zero-order valence-corrected chi connectivity index (χ0v) is 23.7. The van der Waals surface area contributed by atoms with E-state index in [4.69, 9.17) is 9.47 Å². The maximum atomic E-state index is 14.0. The molecule has 44 heavy (non-hydrogen) atoms. The van der Waals surface area contributed by atoms with Gasteiger partial charge in [0.1, 0.15) is 24.7 Å². The number of hydrogen-bond acceptors (Lipinski definition) is 4. The van der Waals surface area contributed by atoms with Crippen LogP contribution >= 0.6 is 0 Å². The Morgan fingerprint density at radius 1 is 0.477 bits per heavy atom. The molecule has 0 unspecified atom stereocenters. The van der Waals surface area contributed by atoms with Crippen molar-refractivity contribution in [1.29, 1.82) is 0 Å². The number of fused-ring (bicyclic) bond motifs is 4. The third-order valence-corrected chi connectivity index (χ3v) is 8.35. The maximum absolute atomic E-state index is 14.0. The average Bonchev–Trinajstić information content (AvgIpc) is 3.07. The molecule has 0 saturated heterocycles. The fourth-order valence-electron chi connectivity index (χ4n) is 6.28. The van der Waals surface area contributed by atoms with Crippen LogP contribution in [0.1, 0.15) is 31.8 Å². The van der Waals surface area contributed by atoms with Gasteiger partial charge >= 0.3 is 0 Å². The van der Waals surface area contributed by atoms with E-state index in [9.17, 15) is 9.59 Å². The van der Waals surface area contributed by atoms with Crippen molar-refractivity contribution in [3.63, 3.8) is 0 Å². The van der Waals surface area contributed by atoms with Gasteiger partial charge in [-0.05, 0) is 57.0 Å². The van der Waals surface area contributed by atoms with E-state index in [0.717, 1.165) is 43.8 Å². The highest BCUT2D eigenvalue weighted by molar-refractivity contribution is 6.23. The number of benzene rings is 6. The van der Waals surface area contributed by atoms with Crippen LogP contribution in [0, 0.1) is 0 Å². The molecule has 0 N–H and O–H groups in total. The van der Waals surface area contributed by atoms with Gasteiger partial charge in [-0.3, -0.25) is 9.59 Å². The van der Waals surface area contributed by atoms with Crippen molar-refractivity contribution >= 4 is 45.3 Å². The van der Waals surface area contributed by atoms with Gasteiger partial charge in [0.2, 0.25) is 0 Å². The quantitative estimate of drug-likeness (QED) is 0.199. The van der Waals surface area contributed by atoms with E-state index in [1.165, 1.54) is 0 Å². The van der Waals surface area contributed by atoms with Gasteiger partial charge in [0, 0.05) is 22.3 Å². The van der Waals surface area contributed by atoms with Crippen molar-refractivity contribution in [3.05, 3.63) is 155 Å². The van der Waals surface area contributed by atoms with Crippen molar-refractivity contribution in [3.8, 4) is 22.6 Å². The second-order valence-corrected chi connectivity index (χ2v) is 11.1. The summed E-state index contributed by atoms with van der Waals surface area (Å²) in [6.45, 7) is 0.283. The molecule has 6 aromatic carbocycles. The summed E-state index contributed by atoms with van der Waals surface area (Å²) in [7, 11) is 0. The van der Waals surface area contributed by atoms with Crippen LogP contribution in [-0.4, -0.2) is 24.8 Å². The maximum Gasteiger partial charge on any atom is 0.196 e. The first kappa shape index (κ1) is 25.9. The van der Waals surface area contributed by atoms with Gasteiger partial charge in [0.25, 0.3) is 0 Å². The molecule has 0 atom stereocenters. The topological polar surface area (TPSA) is 52.6 Å². The van der Waals surface area contributed by atoms with Gasteiger partial charge in [-0.2, -0.15) is 0 Å². The number of hydrogen-bond donors (Lipinski definition) is 0. The second-order valence-electron chi connectivity index (χ2n) is 11.1. The summed E-state index contributed by atoms with van der Waals surface area (Å²) in [5, 5.41) is 3.67. The van der Waals surface area contributed by atoms with Crippen LogP contribution < -0.4 is 9.47 Å². The monoisotopic (exact) mass is 570 g/mol. The number of ether oxygens (including phenoxy) is 2. The third kappa shape index (κ3) is 4.31. The summed E-state index contributed by atoms with van der Waals surface area (Å²) in [4.78, 5) is 28.1. The van der Waals surface area contributed by atoms with E-state index < -0.39 is 0 Å². The Hall–Kier alpha value is -5.74. The van der Waals surface area contributed by atoms with Crippen LogP contribution in [0.2, 0.25) is 0 Å². The van der Waals surface area contributed by atoms with E-state index in [-0.39, 0.29) is 24.8 Å². The summed E-state index contributed by atoms with van der Waals surface area (Å²) < 4.78 is 13.0. The van der Waals surface area contributed by atoms with Crippen molar-refractivity contribution < 1.29 is 19.1 Å². The van der Waals surface area contributed by atoms with Crippen molar-refractivity contribution in [2.45, 2.75) is 0 Å². The van der Waals surface area contributed by atoms with Crippen LogP contribution in [0.3, 0.4) is 0 Å². The Kier molecular flexibility index (Phi) is 6.20. The van der Waals surface area contributed by atoms with Crippen LogP contribution in [0.4, 0.5) is 0 Å². The van der Waals surface area contributed by atoms with Gasteiger partial charge in [-0.1, -0.05) is 109 Å². The minimum atomic E-state index is -0.0683. The van der Waals surface area contributed by atoms with E-state index in [1.54, 1.807) is 0 Å². The molecule has 2 aliphatic heterocycles. The fraction of sp³-hybridized carbons (Fsp3) is 0.0500. The fourth-order valence-corrected chi connectivity index (χ4v) is 6.28. The lowest BCUT2D eigenvalue weighted by atomic mass is 9.84. The molecule has 0 amide bonds. The molecule has 0 radical (unpaired) electrons. The molecule has 0 saturated carbocycles. The Morgan fingerprint density at radius 3 is 1.30 bits per heavy atom. The Labute approximate surface area is 254 Å². The van der Waals surface area contributed by atoms with Gasteiger partial charge in [-0.15, -0.1) is 0 Å². The standard InChI is InChI=1S/C40H26O4/c41-37-29(19-25-11-3-1-4-12-25)23-43-39-33(37)21-27-15-7-9-17-31(27)35(39)36-32-18-10-8-16-28(32)22-34-38(42)30(24-44-40(34)36)20-26-13-5-2-6-14-26/h1-22H,23-24H2/b29-19-,30-20-. The van der Waals surface area contributed by atoms with Gasteiger partial charge in [0.05, 0.1) is 11.1 Å². The Bertz CT molecular complexity index is 2030. The van der Waals surface area contributed by atoms with Crippen LogP contribution in [0.25, 0.3) is 44.8 Å². The van der Waals surface area contributed by atoms with E-state index in [1.807, 2.05) is 133 Å². The lowest BCUT2D eigenvalue weighted by Gasteiger charge is -2.27. The highest BCUT2D eigenvalue weighted by atomic mass is 16.5. The van der Waals surface area contributed by atoms with Gasteiger partial charge < -0.3 is 9.47 Å². The first-order valence-corrected chi connectivity index (χ1v) is 14.6. The average molecular weight is 571 g/mol. The summed E-state index contributed by atoms with van der Waals surface area (Å²) in [6, 6.07) is 39.4. The third-order valence-electron chi connectivity index (χ3n) is 8.35. The molecule has 0 spiro atoms. The number of ketones is 2. The zero-order chi connectivity index (χ0) is 29.6. The number of Topliss-reactive ketones (excluding diaryl/α,β-unsaturated/α-hetero) is 2. The molecule has 210 valence electrons. The largest absolute Gasteiger partial charge is 0.487 e. The number of rotatable bonds is 3. The minimum Gasteiger partial charge on any atom is -0.487 e. The smallest absolute Gasteiger partial charge is 0.196 e. The van der Waals surface area contributed by atoms with Crippen LogP contribution in [0.15, 0.2) is 132 Å². The predicted octanol–water partition coefficient (Wildman–Crippen LogP) is 8.98. The molecule has 4 heteroatoms. The first-order chi connectivity index (χ1) is 21.7. The summed E-state index contributed by atoms with van der Waals surface area (Å²) >= 11 is 0. The van der Waals surface area contributed by atoms with Crippen LogP contribution in [-0.2, 0) is 0 Å². The molecule has 0 aliphatic carbocycles. The molecule has 4 nitrogen and oxygen atoms in total. The van der Waals surface area contributed by atoms with Crippen molar-refractivity contribution in [2.75, 3.05) is 13.2 Å². The second kappa shape index (κ2) is 10.5. The highest BCUT2D eigenvalue weighted by Crippen LogP contribution is 2.51. The Morgan fingerprint density at radius 2 is 0.864 bits per heavy atom. The summed E-state index contributed by atoms with van der Waals surface area (Å²) in [5.41, 5.74) is 5.60. The van der Waals surface area contributed by atoms with Crippen molar-refractivity contribution in [2.24, 2.45) is 0 Å². The number of carbonyl (C=O) groups excluding carboxylic acids is 2. The number of carbonyl (C=O) groups is 2. The summed E-state index contributed by atoms with van der Waals surface area (Å²) in [6.07, 6.45) is 3.78. The van der Waals surface area contributed by atoms with Crippen LogP contribution in [0.5, 0.6) is 11.5 Å². The van der Waals surface area contributed by atoms with Gasteiger partial charge in [0.15, 0.2) is 11.6 Å². The van der Waals surface area contributed by atoms with Gasteiger partial charge in [-0.25, -0.2) is 0 Å². The first-order valence-electron chi connectivity index (χ1n) is 14.6. The van der Waals surface area contributed by atoms with Crippen molar-refractivity contribution in [1.82, 2.24) is 0 Å². The predicted molar refractivity (Wildman–Crippen MR) is 175 cm³/mol. The lowest BCUT2D eigenvalue weighted by molar-refractivity contribution is 0.0992. The molecule has 2 aliphatic rings. The normalized spacial score (nSPS) is 16.1. The molecular formula is C40H26O4. The highest BCUT2D eigenvalue weighted by Gasteiger charge is 2.33. The molecule has 0 fully saturated rings. The minimum absolute atomic E-state index is 0.0683. The molecule has 2 heterocycles. The molecule has 8 rings (SSSR count). The van der Waals surface area contributed by atoms with E-state index in [2.05, 4.69) is 0 Å². The molecular weight excluding hydrogens is 544 g/mol. The summed E-state index contributed by atoms with van der Waals surface area (Å²) in [5.74, 6) is 0.890. The van der Waals surface area contributed by atoms with E-state index in [0.29, 0.717) is 33.8 Å².